The van der Waals surface area contributed by atoms with Crippen molar-refractivity contribution in [2.75, 3.05) is 13.2 Å². The van der Waals surface area contributed by atoms with E-state index in [0.717, 1.165) is 109 Å². The zero-order chi connectivity index (χ0) is 57.1. The third-order valence-electron chi connectivity index (χ3n) is 14.6. The monoisotopic (exact) mass is 1100 g/mol. The second-order valence-electron chi connectivity index (χ2n) is 22.4. The first-order valence-electron chi connectivity index (χ1n) is 33.7. The molecule has 0 aliphatic heterocycles. The number of carbonyl (C=O) groups is 3. The Morgan fingerprint density at radius 1 is 0.266 bits per heavy atom. The molecule has 79 heavy (non-hydrogen) atoms. The van der Waals surface area contributed by atoms with Crippen LogP contribution in [0.4, 0.5) is 0 Å². The van der Waals surface area contributed by atoms with Gasteiger partial charge in [0.15, 0.2) is 6.10 Å². The average Bonchev–Trinajstić information content (AvgIpc) is 3.45. The van der Waals surface area contributed by atoms with Crippen LogP contribution in [0.25, 0.3) is 0 Å². The quantitative estimate of drug-likeness (QED) is 0.0261. The standard InChI is InChI=1S/C73H126O6/c1-4-7-10-13-16-19-22-25-27-29-30-31-32-33-34-35-36-37-38-39-40-41-42-43-44-45-47-48-51-54-57-60-63-66-72(75)78-69-70(68-77-71(74)65-62-59-56-53-50-24-21-18-15-12-9-6-3)79-73(76)67-64-61-58-55-52-49-46-28-26-23-20-17-14-11-8-5-2/h7,10,16,18-19,21,25,27,30-31,33-34,36-37,39-40,70H,4-6,8-9,11-15,17,20,22-24,26,28-29,32,35,38,41-69H2,1-3H3/b10-7-,19-16-,21-18-,27-25-,31-30-,34-33-,37-36-,40-39-. The third kappa shape index (κ3) is 65.0. The van der Waals surface area contributed by atoms with E-state index < -0.39 is 6.10 Å². The van der Waals surface area contributed by atoms with Crippen molar-refractivity contribution in [3.8, 4) is 0 Å². The molecule has 0 radical (unpaired) electrons. The van der Waals surface area contributed by atoms with Crippen molar-refractivity contribution < 1.29 is 28.6 Å². The highest BCUT2D eigenvalue weighted by molar-refractivity contribution is 5.71. The maximum absolute atomic E-state index is 12.9. The van der Waals surface area contributed by atoms with Crippen molar-refractivity contribution in [2.45, 2.75) is 335 Å². The van der Waals surface area contributed by atoms with Crippen LogP contribution in [0, 0.1) is 0 Å². The molecular weight excluding hydrogens is 973 g/mol. The molecule has 0 aromatic carbocycles. The molecule has 0 bridgehead atoms. The van der Waals surface area contributed by atoms with E-state index in [-0.39, 0.29) is 31.1 Å². The second-order valence-corrected chi connectivity index (χ2v) is 22.4. The second kappa shape index (κ2) is 66.8. The van der Waals surface area contributed by atoms with Crippen molar-refractivity contribution in [2.24, 2.45) is 0 Å². The van der Waals surface area contributed by atoms with Gasteiger partial charge in [-0.3, -0.25) is 14.4 Å². The van der Waals surface area contributed by atoms with Crippen molar-refractivity contribution in [1.82, 2.24) is 0 Å². The minimum atomic E-state index is -0.780. The fourth-order valence-electron chi connectivity index (χ4n) is 9.54. The number of allylic oxidation sites excluding steroid dienone is 16. The molecule has 6 nitrogen and oxygen atoms in total. The van der Waals surface area contributed by atoms with Gasteiger partial charge in [0.25, 0.3) is 0 Å². The molecule has 0 saturated heterocycles. The highest BCUT2D eigenvalue weighted by Crippen LogP contribution is 2.17. The Morgan fingerprint density at radius 3 is 0.810 bits per heavy atom. The van der Waals surface area contributed by atoms with Gasteiger partial charge in [-0.25, -0.2) is 0 Å². The number of ether oxygens (including phenoxy) is 3. The largest absolute Gasteiger partial charge is 0.462 e. The Bertz CT molecular complexity index is 1540. The van der Waals surface area contributed by atoms with Crippen molar-refractivity contribution in [3.63, 3.8) is 0 Å². The normalized spacial score (nSPS) is 12.7. The summed E-state index contributed by atoms with van der Waals surface area (Å²) in [5, 5.41) is 0. The number of rotatable bonds is 61. The van der Waals surface area contributed by atoms with E-state index in [1.54, 1.807) is 0 Å². The summed E-state index contributed by atoms with van der Waals surface area (Å²) >= 11 is 0. The minimum absolute atomic E-state index is 0.0777. The zero-order valence-electron chi connectivity index (χ0n) is 52.1. The van der Waals surface area contributed by atoms with E-state index in [1.807, 2.05) is 0 Å². The highest BCUT2D eigenvalue weighted by atomic mass is 16.6. The molecular formula is C73H126O6. The maximum atomic E-state index is 12.9. The number of hydrogen-bond acceptors (Lipinski definition) is 6. The van der Waals surface area contributed by atoms with Crippen LogP contribution in [0.2, 0.25) is 0 Å². The molecule has 0 heterocycles. The molecule has 0 N–H and O–H groups in total. The lowest BCUT2D eigenvalue weighted by atomic mass is 10.0. The first kappa shape index (κ1) is 75.3. The van der Waals surface area contributed by atoms with E-state index in [0.29, 0.717) is 19.3 Å². The van der Waals surface area contributed by atoms with Gasteiger partial charge in [-0.05, 0) is 103 Å². The fourth-order valence-corrected chi connectivity index (χ4v) is 9.54. The van der Waals surface area contributed by atoms with E-state index in [4.69, 9.17) is 14.2 Å². The lowest BCUT2D eigenvalue weighted by molar-refractivity contribution is -0.167. The van der Waals surface area contributed by atoms with Crippen LogP contribution in [-0.4, -0.2) is 37.2 Å². The van der Waals surface area contributed by atoms with Gasteiger partial charge in [0, 0.05) is 19.3 Å². The van der Waals surface area contributed by atoms with Gasteiger partial charge < -0.3 is 14.2 Å². The third-order valence-corrected chi connectivity index (χ3v) is 14.6. The van der Waals surface area contributed by atoms with Gasteiger partial charge >= 0.3 is 17.9 Å². The van der Waals surface area contributed by atoms with E-state index in [1.165, 1.54) is 180 Å². The van der Waals surface area contributed by atoms with E-state index in [2.05, 4.69) is 118 Å². The number of unbranched alkanes of at least 4 members (excludes halogenated alkanes) is 34. The summed E-state index contributed by atoms with van der Waals surface area (Å²) < 4.78 is 16.9. The Kier molecular flexibility index (Phi) is 63.7. The van der Waals surface area contributed by atoms with Crippen molar-refractivity contribution in [3.05, 3.63) is 97.2 Å². The Morgan fingerprint density at radius 2 is 0.494 bits per heavy atom. The predicted octanol–water partition coefficient (Wildman–Crippen LogP) is 23.2. The molecule has 0 aliphatic rings. The van der Waals surface area contributed by atoms with Crippen LogP contribution >= 0.6 is 0 Å². The molecule has 0 aromatic heterocycles. The molecule has 0 rings (SSSR count). The van der Waals surface area contributed by atoms with Gasteiger partial charge in [0.1, 0.15) is 13.2 Å². The molecule has 0 fully saturated rings. The summed E-state index contributed by atoms with van der Waals surface area (Å²) in [6.07, 6.45) is 90.0. The van der Waals surface area contributed by atoms with Crippen LogP contribution in [0.1, 0.15) is 329 Å². The summed E-state index contributed by atoms with van der Waals surface area (Å²) in [6.45, 7) is 6.53. The van der Waals surface area contributed by atoms with E-state index >= 15 is 0 Å². The molecule has 1 unspecified atom stereocenters. The van der Waals surface area contributed by atoms with Crippen LogP contribution in [0.15, 0.2) is 97.2 Å². The number of hydrogen-bond donors (Lipinski definition) is 0. The van der Waals surface area contributed by atoms with E-state index in [9.17, 15) is 14.4 Å². The van der Waals surface area contributed by atoms with Gasteiger partial charge in [-0.2, -0.15) is 0 Å². The predicted molar refractivity (Wildman–Crippen MR) is 344 cm³/mol. The lowest BCUT2D eigenvalue weighted by Crippen LogP contribution is -2.30. The molecule has 6 heteroatoms. The first-order chi connectivity index (χ1) is 39.0. The molecule has 0 saturated carbocycles. The van der Waals surface area contributed by atoms with Gasteiger partial charge in [-0.15, -0.1) is 0 Å². The fraction of sp³-hybridized carbons (Fsp3) is 0.740. The SMILES string of the molecule is CC/C=C\C/C=C\C/C=C\C/C=C\C/C=C\C/C=C\C/C=C\CCCCCCCCCCCCCC(=O)OCC(COC(=O)CCCCCCC/C=C\CCCCC)OC(=O)CCCCCCCCCCCCCCCCCC. The molecule has 0 aromatic rings. The van der Waals surface area contributed by atoms with Crippen LogP contribution in [-0.2, 0) is 28.6 Å². The molecule has 0 aliphatic carbocycles. The number of carbonyl (C=O) groups excluding carboxylic acids is 3. The Labute approximate surface area is 489 Å². The highest BCUT2D eigenvalue weighted by Gasteiger charge is 2.19. The van der Waals surface area contributed by atoms with Crippen molar-refractivity contribution >= 4 is 17.9 Å². The average molecular weight is 1100 g/mol. The molecule has 454 valence electrons. The van der Waals surface area contributed by atoms with Gasteiger partial charge in [-0.1, -0.05) is 304 Å². The molecule has 0 amide bonds. The smallest absolute Gasteiger partial charge is 0.306 e. The van der Waals surface area contributed by atoms with Crippen LogP contribution in [0.3, 0.4) is 0 Å². The molecule has 0 spiro atoms. The van der Waals surface area contributed by atoms with Crippen LogP contribution < -0.4 is 0 Å². The minimum Gasteiger partial charge on any atom is -0.462 e. The summed E-state index contributed by atoms with van der Waals surface area (Å²) in [6, 6.07) is 0. The van der Waals surface area contributed by atoms with Crippen molar-refractivity contribution in [1.29, 1.82) is 0 Å². The molecule has 1 atom stereocenters. The van der Waals surface area contributed by atoms with Crippen LogP contribution in [0.5, 0.6) is 0 Å². The van der Waals surface area contributed by atoms with Gasteiger partial charge in [0.05, 0.1) is 0 Å². The number of esters is 3. The topological polar surface area (TPSA) is 78.9 Å². The Hall–Kier alpha value is -3.67. The first-order valence-corrected chi connectivity index (χ1v) is 33.7. The lowest BCUT2D eigenvalue weighted by Gasteiger charge is -2.18. The summed E-state index contributed by atoms with van der Waals surface area (Å²) in [7, 11) is 0. The summed E-state index contributed by atoms with van der Waals surface area (Å²) in [4.78, 5) is 38.3. The Balaban J connectivity index is 4.20. The maximum Gasteiger partial charge on any atom is 0.306 e. The van der Waals surface area contributed by atoms with Gasteiger partial charge in [0.2, 0.25) is 0 Å². The summed E-state index contributed by atoms with van der Waals surface area (Å²) in [5.74, 6) is -0.875. The summed E-state index contributed by atoms with van der Waals surface area (Å²) in [5.41, 5.74) is 0. The zero-order valence-corrected chi connectivity index (χ0v) is 52.1.